The minimum atomic E-state index is -0.636. The molecule has 1 unspecified atom stereocenters. The Bertz CT molecular complexity index is 301. The minimum absolute atomic E-state index is 0.351. The molecule has 4 heteroatoms. The summed E-state index contributed by atoms with van der Waals surface area (Å²) in [7, 11) is 3.15. The highest BCUT2D eigenvalue weighted by atomic mass is 32.1. The van der Waals surface area contributed by atoms with Crippen molar-refractivity contribution in [2.45, 2.75) is 6.10 Å². The lowest BCUT2D eigenvalue weighted by atomic mass is 10.1. The minimum Gasteiger partial charge on any atom is -0.497 e. The van der Waals surface area contributed by atoms with Crippen molar-refractivity contribution in [3.8, 4) is 11.5 Å². The third kappa shape index (κ3) is 2.33. The third-order valence-electron chi connectivity index (χ3n) is 1.97. The average molecular weight is 214 g/mol. The van der Waals surface area contributed by atoms with Gasteiger partial charge in [-0.2, -0.15) is 12.6 Å². The van der Waals surface area contributed by atoms with Gasteiger partial charge in [0.25, 0.3) is 0 Å². The van der Waals surface area contributed by atoms with Gasteiger partial charge in [-0.3, -0.25) is 0 Å². The summed E-state index contributed by atoms with van der Waals surface area (Å²) >= 11 is 4.03. The Kier molecular flexibility index (Phi) is 4.10. The summed E-state index contributed by atoms with van der Waals surface area (Å²) in [6, 6.07) is 5.30. The zero-order valence-corrected chi connectivity index (χ0v) is 9.12. The van der Waals surface area contributed by atoms with E-state index in [2.05, 4.69) is 12.6 Å². The van der Waals surface area contributed by atoms with Crippen LogP contribution in [-0.4, -0.2) is 25.1 Å². The Morgan fingerprint density at radius 2 is 2.07 bits per heavy atom. The molecule has 78 valence electrons. The van der Waals surface area contributed by atoms with Crippen LogP contribution in [0, 0.1) is 0 Å². The van der Waals surface area contributed by atoms with E-state index in [1.54, 1.807) is 32.4 Å². The van der Waals surface area contributed by atoms with Crippen LogP contribution in [0.15, 0.2) is 18.2 Å². The standard InChI is InChI=1S/C10H14O3S/c1-12-7-3-4-10(13-2)8(5-7)9(11)6-14/h3-5,9,11,14H,6H2,1-2H3. The van der Waals surface area contributed by atoms with Gasteiger partial charge in [0.15, 0.2) is 0 Å². The van der Waals surface area contributed by atoms with E-state index >= 15 is 0 Å². The fourth-order valence-corrected chi connectivity index (χ4v) is 1.39. The van der Waals surface area contributed by atoms with E-state index in [0.717, 1.165) is 0 Å². The zero-order valence-electron chi connectivity index (χ0n) is 8.23. The molecule has 0 aromatic heterocycles. The van der Waals surface area contributed by atoms with Gasteiger partial charge in [0.05, 0.1) is 20.3 Å². The van der Waals surface area contributed by atoms with Crippen molar-refractivity contribution in [1.29, 1.82) is 0 Å². The number of ether oxygens (including phenoxy) is 2. The van der Waals surface area contributed by atoms with Gasteiger partial charge in [-0.25, -0.2) is 0 Å². The molecule has 14 heavy (non-hydrogen) atoms. The van der Waals surface area contributed by atoms with E-state index in [1.807, 2.05) is 0 Å². The molecule has 1 aromatic rings. The summed E-state index contributed by atoms with van der Waals surface area (Å²) in [6.45, 7) is 0. The molecular formula is C10H14O3S. The highest BCUT2D eigenvalue weighted by Crippen LogP contribution is 2.29. The number of hydrogen-bond acceptors (Lipinski definition) is 4. The molecule has 1 rings (SSSR count). The number of benzene rings is 1. The van der Waals surface area contributed by atoms with Gasteiger partial charge >= 0.3 is 0 Å². The Labute approximate surface area is 89.1 Å². The molecule has 0 saturated carbocycles. The number of aliphatic hydroxyl groups excluding tert-OH is 1. The molecule has 0 saturated heterocycles. The van der Waals surface area contributed by atoms with Crippen LogP contribution >= 0.6 is 12.6 Å². The highest BCUT2D eigenvalue weighted by molar-refractivity contribution is 7.80. The molecule has 0 aliphatic carbocycles. The number of aliphatic hydroxyl groups is 1. The van der Waals surface area contributed by atoms with E-state index < -0.39 is 6.10 Å². The summed E-state index contributed by atoms with van der Waals surface area (Å²) < 4.78 is 10.2. The van der Waals surface area contributed by atoms with Crippen molar-refractivity contribution in [1.82, 2.24) is 0 Å². The molecule has 0 aliphatic rings. The predicted octanol–water partition coefficient (Wildman–Crippen LogP) is 1.67. The summed E-state index contributed by atoms with van der Waals surface area (Å²) in [5, 5.41) is 9.65. The average Bonchev–Trinajstić information content (AvgIpc) is 2.27. The van der Waals surface area contributed by atoms with Crippen molar-refractivity contribution >= 4 is 12.6 Å². The van der Waals surface area contributed by atoms with Crippen LogP contribution in [0.4, 0.5) is 0 Å². The molecule has 1 atom stereocenters. The first-order valence-electron chi connectivity index (χ1n) is 4.23. The van der Waals surface area contributed by atoms with Gasteiger partial charge < -0.3 is 14.6 Å². The van der Waals surface area contributed by atoms with Gasteiger partial charge in [-0.15, -0.1) is 0 Å². The van der Waals surface area contributed by atoms with Crippen LogP contribution in [0.5, 0.6) is 11.5 Å². The first kappa shape index (κ1) is 11.2. The molecule has 0 radical (unpaired) electrons. The molecule has 0 spiro atoms. The predicted molar refractivity (Wildman–Crippen MR) is 58.4 cm³/mol. The second kappa shape index (κ2) is 5.12. The van der Waals surface area contributed by atoms with Gasteiger partial charge in [0.1, 0.15) is 11.5 Å². The quantitative estimate of drug-likeness (QED) is 0.749. The maximum absolute atomic E-state index is 9.65. The summed E-state index contributed by atoms with van der Waals surface area (Å²) in [4.78, 5) is 0. The summed E-state index contributed by atoms with van der Waals surface area (Å²) in [5.41, 5.74) is 0.696. The second-order valence-electron chi connectivity index (χ2n) is 2.81. The van der Waals surface area contributed by atoms with Gasteiger partial charge in [0, 0.05) is 11.3 Å². The molecule has 3 nitrogen and oxygen atoms in total. The monoisotopic (exact) mass is 214 g/mol. The molecule has 1 N–H and O–H groups in total. The van der Waals surface area contributed by atoms with E-state index in [0.29, 0.717) is 22.8 Å². The summed E-state index contributed by atoms with van der Waals surface area (Å²) in [5.74, 6) is 1.69. The zero-order chi connectivity index (χ0) is 10.6. The van der Waals surface area contributed by atoms with Crippen LogP contribution in [0.3, 0.4) is 0 Å². The maximum atomic E-state index is 9.65. The number of thiol groups is 1. The van der Waals surface area contributed by atoms with Crippen molar-refractivity contribution in [2.24, 2.45) is 0 Å². The fraction of sp³-hybridized carbons (Fsp3) is 0.400. The Balaban J connectivity index is 3.08. The van der Waals surface area contributed by atoms with Gasteiger partial charge in [-0.1, -0.05) is 0 Å². The lowest BCUT2D eigenvalue weighted by molar-refractivity contribution is 0.199. The van der Waals surface area contributed by atoms with Crippen LogP contribution in [0.25, 0.3) is 0 Å². The molecule has 0 amide bonds. The number of rotatable bonds is 4. The van der Waals surface area contributed by atoms with E-state index in [9.17, 15) is 5.11 Å². The molecule has 0 heterocycles. The Morgan fingerprint density at radius 3 is 2.57 bits per heavy atom. The van der Waals surface area contributed by atoms with Crippen LogP contribution in [-0.2, 0) is 0 Å². The molecular weight excluding hydrogens is 200 g/mol. The molecule has 0 bridgehead atoms. The topological polar surface area (TPSA) is 38.7 Å². The van der Waals surface area contributed by atoms with E-state index in [4.69, 9.17) is 9.47 Å². The summed E-state index contributed by atoms with van der Waals surface area (Å²) in [6.07, 6.45) is -0.636. The van der Waals surface area contributed by atoms with E-state index in [1.165, 1.54) is 0 Å². The van der Waals surface area contributed by atoms with Crippen molar-refractivity contribution in [3.63, 3.8) is 0 Å². The SMILES string of the molecule is COc1ccc(OC)c(C(O)CS)c1. The highest BCUT2D eigenvalue weighted by Gasteiger charge is 2.12. The van der Waals surface area contributed by atoms with Crippen molar-refractivity contribution in [2.75, 3.05) is 20.0 Å². The van der Waals surface area contributed by atoms with Crippen LogP contribution < -0.4 is 9.47 Å². The van der Waals surface area contributed by atoms with Crippen molar-refractivity contribution in [3.05, 3.63) is 23.8 Å². The maximum Gasteiger partial charge on any atom is 0.124 e. The molecule has 1 aromatic carbocycles. The van der Waals surface area contributed by atoms with Gasteiger partial charge in [0.2, 0.25) is 0 Å². The Morgan fingerprint density at radius 1 is 1.36 bits per heavy atom. The molecule has 0 fully saturated rings. The smallest absolute Gasteiger partial charge is 0.124 e. The van der Waals surface area contributed by atoms with Crippen LogP contribution in [0.2, 0.25) is 0 Å². The first-order chi connectivity index (χ1) is 6.72. The van der Waals surface area contributed by atoms with Crippen LogP contribution in [0.1, 0.15) is 11.7 Å². The van der Waals surface area contributed by atoms with Crippen molar-refractivity contribution < 1.29 is 14.6 Å². The lowest BCUT2D eigenvalue weighted by Gasteiger charge is -2.13. The van der Waals surface area contributed by atoms with E-state index in [-0.39, 0.29) is 0 Å². The lowest BCUT2D eigenvalue weighted by Crippen LogP contribution is -2.02. The third-order valence-corrected chi connectivity index (χ3v) is 2.31. The Hall–Kier alpha value is -0.870. The van der Waals surface area contributed by atoms with Gasteiger partial charge in [-0.05, 0) is 18.2 Å². The number of methoxy groups -OCH3 is 2. The fourth-order valence-electron chi connectivity index (χ4n) is 1.20. The largest absolute Gasteiger partial charge is 0.497 e. The normalized spacial score (nSPS) is 12.3. The second-order valence-corrected chi connectivity index (χ2v) is 3.17. The number of hydrogen-bond donors (Lipinski definition) is 2. The molecule has 0 aliphatic heterocycles. The first-order valence-corrected chi connectivity index (χ1v) is 4.87.